The third kappa shape index (κ3) is 2.15. The van der Waals surface area contributed by atoms with E-state index >= 15 is 0 Å². The largest absolute Gasteiger partial charge is 0.497 e. The minimum Gasteiger partial charge on any atom is -0.497 e. The van der Waals surface area contributed by atoms with Crippen molar-refractivity contribution in [2.75, 3.05) is 7.11 Å². The maximum atomic E-state index is 12.2. The van der Waals surface area contributed by atoms with Gasteiger partial charge in [0.2, 0.25) is 5.43 Å². The molecule has 0 aliphatic heterocycles. The van der Waals surface area contributed by atoms with Crippen LogP contribution in [0.3, 0.4) is 0 Å². The first kappa shape index (κ1) is 12.7. The van der Waals surface area contributed by atoms with E-state index in [-0.39, 0.29) is 5.56 Å². The van der Waals surface area contributed by atoms with Crippen molar-refractivity contribution < 1.29 is 14.6 Å². The van der Waals surface area contributed by atoms with Crippen molar-refractivity contribution in [2.24, 2.45) is 5.92 Å². The van der Waals surface area contributed by atoms with E-state index in [1.54, 1.807) is 12.1 Å². The molecule has 1 heterocycles. The van der Waals surface area contributed by atoms with Gasteiger partial charge in [0.15, 0.2) is 0 Å². The van der Waals surface area contributed by atoms with Crippen molar-refractivity contribution in [1.82, 2.24) is 4.57 Å². The number of benzene rings is 1. The lowest BCUT2D eigenvalue weighted by Crippen LogP contribution is -2.19. The molecule has 20 heavy (non-hydrogen) atoms. The van der Waals surface area contributed by atoms with Crippen LogP contribution in [0.4, 0.5) is 0 Å². The molecule has 0 saturated heterocycles. The molecular formula is C15H15NO4. The summed E-state index contributed by atoms with van der Waals surface area (Å²) in [6.07, 6.45) is 3.77. The lowest BCUT2D eigenvalue weighted by molar-refractivity contribution is 0.0694. The van der Waals surface area contributed by atoms with Gasteiger partial charge in [-0.25, -0.2) is 4.79 Å². The van der Waals surface area contributed by atoms with E-state index in [1.807, 2.05) is 10.6 Å². The summed E-state index contributed by atoms with van der Waals surface area (Å²) in [5.41, 5.74) is 0.109. The second-order valence-electron chi connectivity index (χ2n) is 5.16. The Labute approximate surface area is 115 Å². The van der Waals surface area contributed by atoms with Crippen molar-refractivity contribution >= 4 is 16.9 Å². The Morgan fingerprint density at radius 3 is 2.80 bits per heavy atom. The molecule has 2 aromatic rings. The number of ether oxygens (including phenoxy) is 1. The van der Waals surface area contributed by atoms with Crippen LogP contribution < -0.4 is 10.2 Å². The highest BCUT2D eigenvalue weighted by molar-refractivity contribution is 5.92. The number of aromatic carboxylic acids is 1. The van der Waals surface area contributed by atoms with Gasteiger partial charge in [0.25, 0.3) is 0 Å². The van der Waals surface area contributed by atoms with Crippen molar-refractivity contribution in [3.63, 3.8) is 0 Å². The molecule has 1 aromatic carbocycles. The molecule has 0 spiro atoms. The van der Waals surface area contributed by atoms with Gasteiger partial charge in [0, 0.05) is 12.7 Å². The number of aromatic nitrogens is 1. The van der Waals surface area contributed by atoms with Crippen molar-refractivity contribution in [3.8, 4) is 5.75 Å². The predicted octanol–water partition coefficient (Wildman–Crippen LogP) is 2.12. The van der Waals surface area contributed by atoms with Gasteiger partial charge in [0.1, 0.15) is 11.3 Å². The molecule has 1 aliphatic rings. The second-order valence-corrected chi connectivity index (χ2v) is 5.16. The van der Waals surface area contributed by atoms with E-state index in [1.165, 1.54) is 13.3 Å². The fourth-order valence-electron chi connectivity index (χ4n) is 2.39. The van der Waals surface area contributed by atoms with E-state index in [0.29, 0.717) is 17.1 Å². The number of hydrogen-bond acceptors (Lipinski definition) is 3. The number of pyridine rings is 1. The Morgan fingerprint density at radius 2 is 2.20 bits per heavy atom. The highest BCUT2D eigenvalue weighted by Gasteiger charge is 2.23. The van der Waals surface area contributed by atoms with Crippen molar-refractivity contribution in [1.29, 1.82) is 0 Å². The number of nitrogens with zero attached hydrogens (tertiary/aromatic N) is 1. The lowest BCUT2D eigenvalue weighted by atomic mass is 10.1. The van der Waals surface area contributed by atoms with Crippen LogP contribution >= 0.6 is 0 Å². The molecule has 1 saturated carbocycles. The van der Waals surface area contributed by atoms with Crippen LogP contribution in [0.1, 0.15) is 23.2 Å². The third-order valence-electron chi connectivity index (χ3n) is 3.67. The summed E-state index contributed by atoms with van der Waals surface area (Å²) in [6, 6.07) is 5.20. The molecule has 0 amide bonds. The molecule has 0 radical (unpaired) electrons. The molecule has 1 aromatic heterocycles. The van der Waals surface area contributed by atoms with E-state index in [9.17, 15) is 14.7 Å². The van der Waals surface area contributed by atoms with Crippen LogP contribution in [-0.4, -0.2) is 22.8 Å². The van der Waals surface area contributed by atoms with Crippen LogP contribution in [0, 0.1) is 5.92 Å². The quantitative estimate of drug-likeness (QED) is 0.926. The SMILES string of the molecule is COc1ccc2c(c1)c(=O)c(C(=O)O)cn2CC1CC1. The Hall–Kier alpha value is -2.30. The number of hydrogen-bond donors (Lipinski definition) is 1. The molecule has 3 rings (SSSR count). The second kappa shape index (κ2) is 4.67. The summed E-state index contributed by atoms with van der Waals surface area (Å²) in [7, 11) is 1.52. The molecule has 1 fully saturated rings. The summed E-state index contributed by atoms with van der Waals surface area (Å²) < 4.78 is 6.99. The lowest BCUT2D eigenvalue weighted by Gasteiger charge is -2.12. The summed E-state index contributed by atoms with van der Waals surface area (Å²) in [6.45, 7) is 0.753. The topological polar surface area (TPSA) is 68.5 Å². The van der Waals surface area contributed by atoms with Gasteiger partial charge in [-0.05, 0) is 37.0 Å². The van der Waals surface area contributed by atoms with Crippen LogP contribution in [0.25, 0.3) is 10.9 Å². The van der Waals surface area contributed by atoms with E-state index in [2.05, 4.69) is 0 Å². The Kier molecular flexibility index (Phi) is 2.97. The van der Waals surface area contributed by atoms with Crippen molar-refractivity contribution in [3.05, 3.63) is 40.2 Å². The number of methoxy groups -OCH3 is 1. The van der Waals surface area contributed by atoms with Crippen LogP contribution in [-0.2, 0) is 6.54 Å². The van der Waals surface area contributed by atoms with Crippen LogP contribution in [0.5, 0.6) is 5.75 Å². The van der Waals surface area contributed by atoms with E-state index in [0.717, 1.165) is 24.9 Å². The maximum Gasteiger partial charge on any atom is 0.341 e. The summed E-state index contributed by atoms with van der Waals surface area (Å²) in [5, 5.41) is 9.57. The molecule has 5 nitrogen and oxygen atoms in total. The molecule has 0 unspecified atom stereocenters. The first-order valence-electron chi connectivity index (χ1n) is 6.54. The molecule has 5 heteroatoms. The Morgan fingerprint density at radius 1 is 1.45 bits per heavy atom. The maximum absolute atomic E-state index is 12.2. The van der Waals surface area contributed by atoms with E-state index < -0.39 is 11.4 Å². The summed E-state index contributed by atoms with van der Waals surface area (Å²) in [5.74, 6) is -0.0520. The average Bonchev–Trinajstić information content (AvgIpc) is 3.25. The zero-order valence-electron chi connectivity index (χ0n) is 11.1. The molecule has 104 valence electrons. The first-order chi connectivity index (χ1) is 9.60. The number of fused-ring (bicyclic) bond motifs is 1. The molecule has 0 bridgehead atoms. The summed E-state index contributed by atoms with van der Waals surface area (Å²) in [4.78, 5) is 23.5. The zero-order valence-corrected chi connectivity index (χ0v) is 11.1. The number of rotatable bonds is 4. The van der Waals surface area contributed by atoms with Crippen LogP contribution in [0.15, 0.2) is 29.2 Å². The highest BCUT2D eigenvalue weighted by Crippen LogP contribution is 2.31. The molecule has 0 atom stereocenters. The number of carbonyl (C=O) groups is 1. The monoisotopic (exact) mass is 273 g/mol. The predicted molar refractivity (Wildman–Crippen MR) is 74.4 cm³/mol. The van der Waals surface area contributed by atoms with Gasteiger partial charge in [0.05, 0.1) is 18.0 Å². The molecular weight excluding hydrogens is 258 g/mol. The molecule has 1 aliphatic carbocycles. The Balaban J connectivity index is 2.27. The minimum atomic E-state index is -1.19. The average molecular weight is 273 g/mol. The first-order valence-corrected chi connectivity index (χ1v) is 6.54. The smallest absolute Gasteiger partial charge is 0.341 e. The van der Waals surface area contributed by atoms with Gasteiger partial charge in [-0.1, -0.05) is 0 Å². The van der Waals surface area contributed by atoms with Gasteiger partial charge >= 0.3 is 5.97 Å². The van der Waals surface area contributed by atoms with Gasteiger partial charge in [-0.15, -0.1) is 0 Å². The highest BCUT2D eigenvalue weighted by atomic mass is 16.5. The van der Waals surface area contributed by atoms with Crippen LogP contribution in [0.2, 0.25) is 0 Å². The van der Waals surface area contributed by atoms with Gasteiger partial charge in [-0.2, -0.15) is 0 Å². The fourth-order valence-corrected chi connectivity index (χ4v) is 2.39. The number of carboxylic acid groups (broad SMARTS) is 1. The van der Waals surface area contributed by atoms with E-state index in [4.69, 9.17) is 4.74 Å². The summed E-state index contributed by atoms with van der Waals surface area (Å²) >= 11 is 0. The Bertz CT molecular complexity index is 743. The zero-order chi connectivity index (χ0) is 14.3. The van der Waals surface area contributed by atoms with Gasteiger partial charge < -0.3 is 14.4 Å². The third-order valence-corrected chi connectivity index (χ3v) is 3.67. The normalized spacial score (nSPS) is 14.4. The number of carboxylic acids is 1. The minimum absolute atomic E-state index is 0.189. The molecule has 1 N–H and O–H groups in total. The standard InChI is InChI=1S/C15H15NO4/c1-20-10-4-5-13-11(6-10)14(17)12(15(18)19)8-16(13)7-9-2-3-9/h4-6,8-9H,2-3,7H2,1H3,(H,18,19). The van der Waals surface area contributed by atoms with Crippen molar-refractivity contribution in [2.45, 2.75) is 19.4 Å². The fraction of sp³-hybridized carbons (Fsp3) is 0.333. The van der Waals surface area contributed by atoms with Gasteiger partial charge in [-0.3, -0.25) is 4.79 Å².